The minimum Gasteiger partial charge on any atom is -0.466 e. The van der Waals surface area contributed by atoms with Crippen LogP contribution in [-0.4, -0.2) is 18.5 Å². The molecule has 0 aromatic rings. The Morgan fingerprint density at radius 3 is 2.27 bits per heavy atom. The summed E-state index contributed by atoms with van der Waals surface area (Å²) in [7, 11) is 0. The first-order valence-corrected chi connectivity index (χ1v) is 5.96. The predicted octanol–water partition coefficient (Wildman–Crippen LogP) is 3.13. The van der Waals surface area contributed by atoms with Crippen LogP contribution in [-0.2, 0) is 9.53 Å². The van der Waals surface area contributed by atoms with Crippen LogP contribution in [0.15, 0.2) is 0 Å². The smallest absolute Gasteiger partial charge is 0.302 e. The van der Waals surface area contributed by atoms with E-state index in [2.05, 4.69) is 11.8 Å². The lowest BCUT2D eigenvalue weighted by Gasteiger charge is -1.98. The molecule has 0 rings (SSSR count). The van der Waals surface area contributed by atoms with Crippen LogP contribution in [0.2, 0.25) is 0 Å². The van der Waals surface area contributed by atoms with Crippen molar-refractivity contribution in [2.75, 3.05) is 12.5 Å². The molecule has 0 aliphatic rings. The first-order chi connectivity index (χ1) is 7.27. The summed E-state index contributed by atoms with van der Waals surface area (Å²) in [5, 5.41) is 0. The second kappa shape index (κ2) is 11.4. The van der Waals surface area contributed by atoms with E-state index < -0.39 is 0 Å². The Bertz CT molecular complexity index is 215. The molecular weight excluding hydrogens is 212 g/mol. The Labute approximate surface area is 97.3 Å². The molecule has 0 N–H and O–H groups in total. The van der Waals surface area contributed by atoms with E-state index >= 15 is 0 Å². The van der Waals surface area contributed by atoms with Gasteiger partial charge in [-0.05, 0) is 25.7 Å². The molecule has 0 aliphatic carbocycles. The van der Waals surface area contributed by atoms with Crippen LogP contribution in [0.25, 0.3) is 0 Å². The van der Waals surface area contributed by atoms with Gasteiger partial charge in [0.25, 0.3) is 0 Å². The number of halogens is 1. The van der Waals surface area contributed by atoms with Crippen molar-refractivity contribution in [3.8, 4) is 11.8 Å². The van der Waals surface area contributed by atoms with Gasteiger partial charge in [0.1, 0.15) is 0 Å². The van der Waals surface area contributed by atoms with Gasteiger partial charge >= 0.3 is 5.97 Å². The Hall–Kier alpha value is -0.680. The molecule has 0 spiro atoms. The van der Waals surface area contributed by atoms with E-state index in [4.69, 9.17) is 16.3 Å². The van der Waals surface area contributed by atoms with E-state index in [1.54, 1.807) is 0 Å². The van der Waals surface area contributed by atoms with E-state index in [1.807, 2.05) is 0 Å². The van der Waals surface area contributed by atoms with Crippen molar-refractivity contribution in [1.82, 2.24) is 0 Å². The maximum absolute atomic E-state index is 10.4. The highest BCUT2D eigenvalue weighted by Gasteiger charge is 1.91. The van der Waals surface area contributed by atoms with E-state index in [9.17, 15) is 4.79 Å². The van der Waals surface area contributed by atoms with Crippen LogP contribution < -0.4 is 0 Å². The van der Waals surface area contributed by atoms with Gasteiger partial charge < -0.3 is 4.74 Å². The van der Waals surface area contributed by atoms with Gasteiger partial charge in [-0.3, -0.25) is 4.79 Å². The fourth-order valence-corrected chi connectivity index (χ4v) is 1.20. The maximum Gasteiger partial charge on any atom is 0.302 e. The molecule has 0 amide bonds. The molecule has 0 aromatic heterocycles. The summed E-state index contributed by atoms with van der Waals surface area (Å²) in [6.07, 6.45) is 5.86. The molecule has 0 atom stereocenters. The second-order valence-corrected chi connectivity index (χ2v) is 3.67. The van der Waals surface area contributed by atoms with Gasteiger partial charge in [-0.15, -0.1) is 23.4 Å². The number of alkyl halides is 1. The third-order valence-corrected chi connectivity index (χ3v) is 2.08. The Morgan fingerprint density at radius 2 is 1.73 bits per heavy atom. The highest BCUT2D eigenvalue weighted by molar-refractivity contribution is 6.17. The highest BCUT2D eigenvalue weighted by atomic mass is 35.5. The van der Waals surface area contributed by atoms with Crippen LogP contribution in [0, 0.1) is 11.8 Å². The van der Waals surface area contributed by atoms with Crippen molar-refractivity contribution in [3.05, 3.63) is 0 Å². The minimum atomic E-state index is -0.206. The van der Waals surface area contributed by atoms with Crippen molar-refractivity contribution in [2.45, 2.75) is 45.4 Å². The molecule has 15 heavy (non-hydrogen) atoms. The third-order valence-electron chi connectivity index (χ3n) is 1.81. The van der Waals surface area contributed by atoms with Crippen molar-refractivity contribution in [3.63, 3.8) is 0 Å². The SMILES string of the molecule is CC(=O)OCCCCC#CCCCCCl. The summed E-state index contributed by atoms with van der Waals surface area (Å²) < 4.78 is 4.80. The molecule has 0 saturated heterocycles. The summed E-state index contributed by atoms with van der Waals surface area (Å²) in [6, 6.07) is 0. The molecule has 86 valence electrons. The topological polar surface area (TPSA) is 26.3 Å². The molecule has 2 nitrogen and oxygen atoms in total. The normalized spacial score (nSPS) is 9.20. The van der Waals surface area contributed by atoms with Gasteiger partial charge in [0, 0.05) is 25.6 Å². The summed E-state index contributed by atoms with van der Waals surface area (Å²) in [5.41, 5.74) is 0. The Morgan fingerprint density at radius 1 is 1.13 bits per heavy atom. The number of unbranched alkanes of at least 4 members (excludes halogenated alkanes) is 4. The number of esters is 1. The second-order valence-electron chi connectivity index (χ2n) is 3.30. The maximum atomic E-state index is 10.4. The average molecular weight is 231 g/mol. The van der Waals surface area contributed by atoms with E-state index in [0.29, 0.717) is 6.61 Å². The number of carbonyl (C=O) groups is 1. The lowest BCUT2D eigenvalue weighted by Crippen LogP contribution is -1.99. The fourth-order valence-electron chi connectivity index (χ4n) is 1.02. The molecule has 0 aromatic carbocycles. The van der Waals surface area contributed by atoms with Crippen molar-refractivity contribution in [1.29, 1.82) is 0 Å². The molecule has 0 aliphatic heterocycles. The highest BCUT2D eigenvalue weighted by Crippen LogP contribution is 1.97. The fraction of sp³-hybridized carbons (Fsp3) is 0.750. The molecule has 0 radical (unpaired) electrons. The summed E-state index contributed by atoms with van der Waals surface area (Å²) in [5.74, 6) is 6.72. The van der Waals surface area contributed by atoms with Gasteiger partial charge in [-0.1, -0.05) is 0 Å². The van der Waals surface area contributed by atoms with Crippen molar-refractivity contribution < 1.29 is 9.53 Å². The quantitative estimate of drug-likeness (QED) is 0.291. The van der Waals surface area contributed by atoms with Crippen LogP contribution in [0.3, 0.4) is 0 Å². The van der Waals surface area contributed by atoms with Crippen LogP contribution in [0.5, 0.6) is 0 Å². The standard InChI is InChI=1S/C12H19ClO2/c1-12(14)15-11-9-7-5-3-2-4-6-8-10-13/h4-11H2,1H3. The monoisotopic (exact) mass is 230 g/mol. The lowest BCUT2D eigenvalue weighted by atomic mass is 10.2. The largest absolute Gasteiger partial charge is 0.466 e. The van der Waals surface area contributed by atoms with E-state index in [1.165, 1.54) is 6.92 Å². The molecule has 0 heterocycles. The molecule has 0 unspecified atom stereocenters. The first-order valence-electron chi connectivity index (χ1n) is 5.42. The molecule has 0 fully saturated rings. The number of hydrogen-bond acceptors (Lipinski definition) is 2. The number of carbonyl (C=O) groups excluding carboxylic acids is 1. The lowest BCUT2D eigenvalue weighted by molar-refractivity contribution is -0.141. The Kier molecular flexibility index (Phi) is 10.9. The zero-order valence-electron chi connectivity index (χ0n) is 9.35. The first kappa shape index (κ1) is 14.3. The summed E-state index contributed by atoms with van der Waals surface area (Å²) >= 11 is 5.53. The molecular formula is C12H19ClO2. The molecule has 3 heteroatoms. The summed E-state index contributed by atoms with van der Waals surface area (Å²) in [6.45, 7) is 1.94. The third kappa shape index (κ3) is 13.3. The van der Waals surface area contributed by atoms with Gasteiger partial charge in [0.2, 0.25) is 0 Å². The zero-order chi connectivity index (χ0) is 11.4. The zero-order valence-corrected chi connectivity index (χ0v) is 10.1. The van der Waals surface area contributed by atoms with E-state index in [0.717, 1.165) is 44.4 Å². The van der Waals surface area contributed by atoms with Crippen molar-refractivity contribution >= 4 is 17.6 Å². The van der Waals surface area contributed by atoms with Crippen LogP contribution in [0.4, 0.5) is 0 Å². The number of ether oxygens (including phenoxy) is 1. The predicted molar refractivity (Wildman–Crippen MR) is 62.8 cm³/mol. The number of hydrogen-bond donors (Lipinski definition) is 0. The van der Waals surface area contributed by atoms with Gasteiger partial charge in [0.15, 0.2) is 0 Å². The minimum absolute atomic E-state index is 0.206. The van der Waals surface area contributed by atoms with Gasteiger partial charge in [-0.25, -0.2) is 0 Å². The van der Waals surface area contributed by atoms with Crippen LogP contribution >= 0.6 is 11.6 Å². The summed E-state index contributed by atoms with van der Waals surface area (Å²) in [4.78, 5) is 10.4. The number of rotatable bonds is 7. The average Bonchev–Trinajstić information content (AvgIpc) is 2.20. The molecule has 0 bridgehead atoms. The Balaban J connectivity index is 3.12. The van der Waals surface area contributed by atoms with Gasteiger partial charge in [0.05, 0.1) is 6.61 Å². The van der Waals surface area contributed by atoms with E-state index in [-0.39, 0.29) is 5.97 Å². The van der Waals surface area contributed by atoms with Crippen LogP contribution in [0.1, 0.15) is 45.4 Å². The van der Waals surface area contributed by atoms with Crippen molar-refractivity contribution in [2.24, 2.45) is 0 Å². The molecule has 0 saturated carbocycles. The van der Waals surface area contributed by atoms with Gasteiger partial charge in [-0.2, -0.15) is 0 Å².